The van der Waals surface area contributed by atoms with Gasteiger partial charge in [0.25, 0.3) is 0 Å². The van der Waals surface area contributed by atoms with Crippen molar-refractivity contribution >= 4 is 50.9 Å². The van der Waals surface area contributed by atoms with E-state index in [4.69, 9.17) is 15.2 Å². The standard InChI is InChI=1S/C24H20N4O4S2/c1-31-22(29)19-18(13-7-5-4-6-8-13)15(12-25)21(26)28(20(19)23(30)32-2)14-9-10-16-17(11-14)34-24(27-16)33-3/h4-11,18H,26H2,1-3H3. The number of anilines is 1. The molecule has 1 atom stereocenters. The summed E-state index contributed by atoms with van der Waals surface area (Å²) in [4.78, 5) is 32.1. The number of nitriles is 1. The second-order valence-corrected chi connectivity index (χ2v) is 9.26. The van der Waals surface area contributed by atoms with Crippen molar-refractivity contribution in [1.29, 1.82) is 5.26 Å². The predicted octanol–water partition coefficient (Wildman–Crippen LogP) is 3.92. The number of aromatic nitrogens is 1. The van der Waals surface area contributed by atoms with Gasteiger partial charge in [0.05, 0.1) is 47.6 Å². The van der Waals surface area contributed by atoms with Crippen molar-refractivity contribution in [2.24, 2.45) is 5.73 Å². The number of thiazole rings is 1. The Balaban J connectivity index is 2.04. The first-order chi connectivity index (χ1) is 16.4. The van der Waals surface area contributed by atoms with E-state index >= 15 is 0 Å². The SMILES string of the molecule is COC(=O)C1=C(C(=O)OC)N(c2ccc3nc(SC)sc3c2)C(N)=C(C#N)C1c1ccccc1. The van der Waals surface area contributed by atoms with Crippen LogP contribution in [0.2, 0.25) is 0 Å². The molecule has 2 aromatic carbocycles. The number of hydrogen-bond donors (Lipinski definition) is 1. The maximum absolute atomic E-state index is 13.1. The molecule has 0 amide bonds. The number of benzene rings is 2. The lowest BCUT2D eigenvalue weighted by atomic mass is 9.81. The maximum Gasteiger partial charge on any atom is 0.355 e. The van der Waals surface area contributed by atoms with Gasteiger partial charge >= 0.3 is 11.9 Å². The molecular weight excluding hydrogens is 472 g/mol. The van der Waals surface area contributed by atoms with Crippen molar-refractivity contribution in [2.75, 3.05) is 25.4 Å². The second kappa shape index (κ2) is 9.59. The smallest absolute Gasteiger partial charge is 0.355 e. The largest absolute Gasteiger partial charge is 0.466 e. The summed E-state index contributed by atoms with van der Waals surface area (Å²) in [6.07, 6.45) is 1.94. The number of rotatable bonds is 5. The van der Waals surface area contributed by atoms with Crippen LogP contribution in [0.25, 0.3) is 10.2 Å². The van der Waals surface area contributed by atoms with Crippen LogP contribution >= 0.6 is 23.1 Å². The zero-order valence-corrected chi connectivity index (χ0v) is 20.2. The zero-order chi connectivity index (χ0) is 24.4. The number of carbonyl (C=O) groups is 2. The number of hydrogen-bond acceptors (Lipinski definition) is 10. The van der Waals surface area contributed by atoms with Crippen molar-refractivity contribution in [3.8, 4) is 6.07 Å². The number of nitrogens with two attached hydrogens (primary N) is 1. The summed E-state index contributed by atoms with van der Waals surface area (Å²) in [6, 6.07) is 16.4. The summed E-state index contributed by atoms with van der Waals surface area (Å²) in [5.41, 5.74) is 8.41. The van der Waals surface area contributed by atoms with Crippen LogP contribution in [0.4, 0.5) is 5.69 Å². The molecule has 4 rings (SSSR count). The fourth-order valence-electron chi connectivity index (χ4n) is 3.90. The Morgan fingerprint density at radius 1 is 1.15 bits per heavy atom. The lowest BCUT2D eigenvalue weighted by Gasteiger charge is -2.35. The summed E-state index contributed by atoms with van der Waals surface area (Å²) < 4.78 is 11.9. The third kappa shape index (κ3) is 3.89. The second-order valence-electron chi connectivity index (χ2n) is 7.17. The first-order valence-electron chi connectivity index (χ1n) is 10.0. The minimum atomic E-state index is -0.903. The van der Waals surface area contributed by atoms with E-state index in [-0.39, 0.29) is 22.7 Å². The lowest BCUT2D eigenvalue weighted by molar-refractivity contribution is -0.139. The third-order valence-corrected chi connectivity index (χ3v) is 7.40. The van der Waals surface area contributed by atoms with Gasteiger partial charge in [-0.25, -0.2) is 14.6 Å². The van der Waals surface area contributed by atoms with Crippen molar-refractivity contribution < 1.29 is 19.1 Å². The Hall–Kier alpha value is -3.81. The highest BCUT2D eigenvalue weighted by atomic mass is 32.2. The number of nitrogens with zero attached hydrogens (tertiary/aromatic N) is 3. The van der Waals surface area contributed by atoms with Crippen molar-refractivity contribution in [2.45, 2.75) is 10.3 Å². The van der Waals surface area contributed by atoms with Gasteiger partial charge in [-0.3, -0.25) is 4.90 Å². The number of thioether (sulfide) groups is 1. The van der Waals surface area contributed by atoms with E-state index in [1.807, 2.05) is 18.4 Å². The molecule has 0 bridgehead atoms. The molecule has 0 saturated heterocycles. The third-order valence-electron chi connectivity index (χ3n) is 5.40. The number of carbonyl (C=O) groups excluding carboxylic acids is 2. The molecule has 0 radical (unpaired) electrons. The molecule has 8 nitrogen and oxygen atoms in total. The van der Waals surface area contributed by atoms with Gasteiger partial charge in [0.15, 0.2) is 4.34 Å². The highest BCUT2D eigenvalue weighted by Gasteiger charge is 2.43. The highest BCUT2D eigenvalue weighted by Crippen LogP contribution is 2.44. The number of allylic oxidation sites excluding steroid dienone is 1. The molecular formula is C24H20N4O4S2. The number of methoxy groups -OCH3 is 2. The molecule has 0 aliphatic carbocycles. The lowest BCUT2D eigenvalue weighted by Crippen LogP contribution is -2.40. The molecule has 10 heteroatoms. The summed E-state index contributed by atoms with van der Waals surface area (Å²) in [5, 5.41) is 10.1. The zero-order valence-electron chi connectivity index (χ0n) is 18.6. The van der Waals surface area contributed by atoms with Crippen LogP contribution in [0.15, 0.2) is 75.5 Å². The minimum Gasteiger partial charge on any atom is -0.466 e. The fourth-order valence-corrected chi connectivity index (χ4v) is 5.42. The molecule has 0 saturated carbocycles. The minimum absolute atomic E-state index is 0.0263. The van der Waals surface area contributed by atoms with Gasteiger partial charge in [-0.2, -0.15) is 5.26 Å². The predicted molar refractivity (Wildman–Crippen MR) is 131 cm³/mol. The average molecular weight is 493 g/mol. The van der Waals surface area contributed by atoms with E-state index in [0.29, 0.717) is 11.3 Å². The van der Waals surface area contributed by atoms with Crippen LogP contribution in [-0.2, 0) is 19.1 Å². The average Bonchev–Trinajstić information content (AvgIpc) is 3.30. The van der Waals surface area contributed by atoms with Gasteiger partial charge in [-0.05, 0) is 30.0 Å². The van der Waals surface area contributed by atoms with Crippen LogP contribution in [-0.4, -0.2) is 37.4 Å². The Morgan fingerprint density at radius 3 is 2.47 bits per heavy atom. The Morgan fingerprint density at radius 2 is 1.85 bits per heavy atom. The molecule has 172 valence electrons. The first-order valence-corrected chi connectivity index (χ1v) is 12.1. The number of esters is 2. The Kier molecular flexibility index (Phi) is 6.58. The summed E-state index contributed by atoms with van der Waals surface area (Å²) in [6.45, 7) is 0. The van der Waals surface area contributed by atoms with E-state index < -0.39 is 17.9 Å². The maximum atomic E-state index is 13.1. The van der Waals surface area contributed by atoms with Crippen LogP contribution in [0.3, 0.4) is 0 Å². The fraction of sp³-hybridized carbons (Fsp3) is 0.167. The normalized spacial score (nSPS) is 15.9. The molecule has 34 heavy (non-hydrogen) atoms. The summed E-state index contributed by atoms with van der Waals surface area (Å²) in [7, 11) is 2.44. The van der Waals surface area contributed by atoms with E-state index in [0.717, 1.165) is 14.6 Å². The van der Waals surface area contributed by atoms with Crippen LogP contribution < -0.4 is 10.6 Å². The van der Waals surface area contributed by atoms with Gasteiger partial charge in [0.2, 0.25) is 0 Å². The van der Waals surface area contributed by atoms with E-state index in [1.54, 1.807) is 36.4 Å². The quantitative estimate of drug-likeness (QED) is 0.417. The topological polar surface area (TPSA) is 119 Å². The van der Waals surface area contributed by atoms with Gasteiger partial charge in [-0.1, -0.05) is 42.1 Å². The monoisotopic (exact) mass is 492 g/mol. The molecule has 1 aromatic heterocycles. The van der Waals surface area contributed by atoms with E-state index in [1.165, 1.54) is 42.2 Å². The summed E-state index contributed by atoms with van der Waals surface area (Å²) in [5.74, 6) is -2.42. The first kappa shape index (κ1) is 23.4. The highest BCUT2D eigenvalue weighted by molar-refractivity contribution is 8.00. The van der Waals surface area contributed by atoms with Gasteiger partial charge < -0.3 is 15.2 Å². The van der Waals surface area contributed by atoms with E-state index in [2.05, 4.69) is 11.1 Å². The molecule has 1 unspecified atom stereocenters. The van der Waals surface area contributed by atoms with E-state index in [9.17, 15) is 14.9 Å². The molecule has 0 fully saturated rings. The van der Waals surface area contributed by atoms with Crippen LogP contribution in [0, 0.1) is 11.3 Å². The number of ether oxygens (including phenoxy) is 2. The molecule has 1 aliphatic heterocycles. The van der Waals surface area contributed by atoms with Crippen LogP contribution in [0.5, 0.6) is 0 Å². The summed E-state index contributed by atoms with van der Waals surface area (Å²) >= 11 is 3.01. The molecule has 3 aromatic rings. The van der Waals surface area contributed by atoms with Crippen LogP contribution in [0.1, 0.15) is 11.5 Å². The van der Waals surface area contributed by atoms with Gasteiger partial charge in [-0.15, -0.1) is 11.3 Å². The molecule has 2 heterocycles. The molecule has 1 aliphatic rings. The van der Waals surface area contributed by atoms with Crippen molar-refractivity contribution in [3.05, 3.63) is 76.8 Å². The molecule has 0 spiro atoms. The van der Waals surface area contributed by atoms with Gasteiger partial charge in [0.1, 0.15) is 11.5 Å². The Bertz CT molecular complexity index is 1390. The van der Waals surface area contributed by atoms with Crippen molar-refractivity contribution in [1.82, 2.24) is 4.98 Å². The number of fused-ring (bicyclic) bond motifs is 1. The van der Waals surface area contributed by atoms with Gasteiger partial charge in [0, 0.05) is 5.69 Å². The van der Waals surface area contributed by atoms with Crippen molar-refractivity contribution in [3.63, 3.8) is 0 Å². The Labute approximate surface area is 204 Å². The molecule has 2 N–H and O–H groups in total.